The summed E-state index contributed by atoms with van der Waals surface area (Å²) in [5.74, 6) is -0.344. The van der Waals surface area contributed by atoms with E-state index in [1.165, 1.54) is 10.8 Å². The van der Waals surface area contributed by atoms with Crippen molar-refractivity contribution in [3.05, 3.63) is 70.1 Å². The van der Waals surface area contributed by atoms with Crippen molar-refractivity contribution in [3.8, 4) is 11.3 Å². The van der Waals surface area contributed by atoms with Gasteiger partial charge < -0.3 is 27.4 Å². The molecule has 0 spiro atoms. The average Bonchev–Trinajstić information content (AvgIpc) is 3.45. The molecular formula is C29H36N8O3. The van der Waals surface area contributed by atoms with E-state index >= 15 is 0 Å². The number of hydrogen-bond acceptors (Lipinski definition) is 7. The van der Waals surface area contributed by atoms with Crippen LogP contribution < -0.4 is 33.0 Å². The number of nitrogens with one attached hydrogen (secondary N) is 4. The summed E-state index contributed by atoms with van der Waals surface area (Å²) in [6.07, 6.45) is 5.34. The number of nitrogens with two attached hydrogens (primary N) is 2. The van der Waals surface area contributed by atoms with Crippen LogP contribution in [0.15, 0.2) is 53.5 Å². The minimum atomic E-state index is -0.453. The van der Waals surface area contributed by atoms with E-state index in [1.807, 2.05) is 13.8 Å². The largest absolute Gasteiger partial charge is 0.399 e. The molecular weight excluding hydrogens is 508 g/mol. The van der Waals surface area contributed by atoms with Gasteiger partial charge in [0.25, 0.3) is 5.56 Å². The Morgan fingerprint density at radius 3 is 2.48 bits per heavy atom. The van der Waals surface area contributed by atoms with Crippen LogP contribution >= 0.6 is 0 Å². The summed E-state index contributed by atoms with van der Waals surface area (Å²) in [4.78, 5) is 43.5. The molecule has 0 atom stereocenters. The van der Waals surface area contributed by atoms with Crippen LogP contribution in [0.3, 0.4) is 0 Å². The Kier molecular flexibility index (Phi) is 8.83. The van der Waals surface area contributed by atoms with Crippen molar-refractivity contribution >= 4 is 34.8 Å². The van der Waals surface area contributed by atoms with Crippen molar-refractivity contribution in [2.24, 2.45) is 11.7 Å². The zero-order valence-corrected chi connectivity index (χ0v) is 22.8. The molecule has 0 saturated heterocycles. The zero-order chi connectivity index (χ0) is 28.8. The van der Waals surface area contributed by atoms with Crippen LogP contribution in [0.25, 0.3) is 11.3 Å². The van der Waals surface area contributed by atoms with Gasteiger partial charge in [0.05, 0.1) is 11.9 Å². The summed E-state index contributed by atoms with van der Waals surface area (Å²) in [6.45, 7) is 3.76. The van der Waals surface area contributed by atoms with Gasteiger partial charge in [-0.15, -0.1) is 0 Å². The Bertz CT molecular complexity index is 1460. The van der Waals surface area contributed by atoms with Gasteiger partial charge in [-0.3, -0.25) is 24.4 Å². The Labute approximate surface area is 232 Å². The maximum Gasteiger partial charge on any atom is 0.294 e. The third-order valence-electron chi connectivity index (χ3n) is 6.78. The molecule has 8 N–H and O–H groups in total. The van der Waals surface area contributed by atoms with E-state index in [1.54, 1.807) is 42.5 Å². The Hall–Kier alpha value is -4.67. The molecule has 1 aromatic heterocycles. The van der Waals surface area contributed by atoms with Crippen molar-refractivity contribution in [3.63, 3.8) is 0 Å². The first-order valence-electron chi connectivity index (χ1n) is 13.4. The number of benzene rings is 2. The number of rotatable bonds is 10. The van der Waals surface area contributed by atoms with Crippen LogP contribution in [-0.2, 0) is 22.7 Å². The van der Waals surface area contributed by atoms with Crippen LogP contribution in [0.1, 0.15) is 50.7 Å². The quantitative estimate of drug-likeness (QED) is 0.129. The molecule has 11 heteroatoms. The molecule has 1 fully saturated rings. The maximum absolute atomic E-state index is 13.5. The standard InChI is InChI=1S/C29H36N8O3/c1-17(2)35-27-29(40)37(16-25(38)33-14-18-7-9-19(10-8-18)26(31)32)24(15-34-27)21-11-22(30)13-23(12-21)36-28(39)20-5-3-4-6-20/h7-13,15,17,20H,3-6,14,16,30H2,1-2H3,(H3,31,32)(H,33,38)(H,34,35)(H,36,39). The molecule has 40 heavy (non-hydrogen) atoms. The van der Waals surface area contributed by atoms with E-state index < -0.39 is 5.56 Å². The highest BCUT2D eigenvalue weighted by molar-refractivity contribution is 5.95. The van der Waals surface area contributed by atoms with Gasteiger partial charge in [-0.05, 0) is 50.5 Å². The van der Waals surface area contributed by atoms with Crippen molar-refractivity contribution in [1.82, 2.24) is 14.9 Å². The first-order chi connectivity index (χ1) is 19.1. The fourth-order valence-corrected chi connectivity index (χ4v) is 4.75. The highest BCUT2D eigenvalue weighted by Crippen LogP contribution is 2.29. The molecule has 1 aliphatic carbocycles. The first kappa shape index (κ1) is 28.3. The molecule has 2 amide bonds. The van der Waals surface area contributed by atoms with Gasteiger partial charge >= 0.3 is 0 Å². The van der Waals surface area contributed by atoms with Gasteiger partial charge in [0.15, 0.2) is 5.82 Å². The van der Waals surface area contributed by atoms with Crippen LogP contribution in [0.2, 0.25) is 0 Å². The molecule has 1 saturated carbocycles. The first-order valence-corrected chi connectivity index (χ1v) is 13.4. The molecule has 2 aromatic carbocycles. The minimum Gasteiger partial charge on any atom is -0.399 e. The number of amides is 2. The van der Waals surface area contributed by atoms with E-state index in [-0.39, 0.29) is 48.5 Å². The Balaban J connectivity index is 1.60. The minimum absolute atomic E-state index is 0.0199. The van der Waals surface area contributed by atoms with Crippen LogP contribution in [0.5, 0.6) is 0 Å². The smallest absolute Gasteiger partial charge is 0.294 e. The lowest BCUT2D eigenvalue weighted by atomic mass is 10.1. The summed E-state index contributed by atoms with van der Waals surface area (Å²) in [5.41, 5.74) is 14.5. The van der Waals surface area contributed by atoms with Crippen LogP contribution in [0, 0.1) is 11.3 Å². The maximum atomic E-state index is 13.5. The third-order valence-corrected chi connectivity index (χ3v) is 6.78. The van der Waals surface area contributed by atoms with Crippen LogP contribution in [-0.4, -0.2) is 33.2 Å². The predicted molar refractivity (Wildman–Crippen MR) is 157 cm³/mol. The number of carbonyl (C=O) groups excluding carboxylic acids is 2. The molecule has 0 bridgehead atoms. The number of nitrogen functional groups attached to an aromatic ring is 2. The van der Waals surface area contributed by atoms with Gasteiger partial charge in [-0.25, -0.2) is 4.98 Å². The monoisotopic (exact) mass is 544 g/mol. The van der Waals surface area contributed by atoms with E-state index in [9.17, 15) is 14.4 Å². The number of hydrogen-bond donors (Lipinski definition) is 6. The molecule has 210 valence electrons. The lowest BCUT2D eigenvalue weighted by Gasteiger charge is -2.17. The van der Waals surface area contributed by atoms with Crippen molar-refractivity contribution < 1.29 is 9.59 Å². The second-order valence-electron chi connectivity index (χ2n) is 10.4. The predicted octanol–water partition coefficient (Wildman–Crippen LogP) is 3.04. The fraction of sp³-hybridized carbons (Fsp3) is 0.345. The van der Waals surface area contributed by atoms with Crippen molar-refractivity contribution in [1.29, 1.82) is 5.41 Å². The van der Waals surface area contributed by atoms with Gasteiger partial charge in [0, 0.05) is 41.0 Å². The summed E-state index contributed by atoms with van der Waals surface area (Å²) in [6, 6.07) is 12.0. The van der Waals surface area contributed by atoms with E-state index in [0.29, 0.717) is 28.2 Å². The van der Waals surface area contributed by atoms with E-state index in [2.05, 4.69) is 20.9 Å². The molecule has 3 aromatic rings. The summed E-state index contributed by atoms with van der Waals surface area (Å²) in [5, 5.41) is 16.3. The summed E-state index contributed by atoms with van der Waals surface area (Å²) >= 11 is 0. The second kappa shape index (κ2) is 12.5. The number of aromatic nitrogens is 2. The molecule has 0 aliphatic heterocycles. The SMILES string of the molecule is CC(C)Nc1ncc(-c2cc(N)cc(NC(=O)C3CCCC3)c2)n(CC(=O)NCc2ccc(C(=N)N)cc2)c1=O. The lowest BCUT2D eigenvalue weighted by Crippen LogP contribution is -2.35. The molecule has 4 rings (SSSR count). The lowest BCUT2D eigenvalue weighted by molar-refractivity contribution is -0.122. The Morgan fingerprint density at radius 1 is 1.12 bits per heavy atom. The Morgan fingerprint density at radius 2 is 1.82 bits per heavy atom. The van der Waals surface area contributed by atoms with Gasteiger partial charge in [0.1, 0.15) is 12.4 Å². The van der Waals surface area contributed by atoms with Gasteiger partial charge in [0.2, 0.25) is 11.8 Å². The third kappa shape index (κ3) is 7.04. The molecule has 0 unspecified atom stereocenters. The number of nitrogens with zero attached hydrogens (tertiary/aromatic N) is 2. The molecule has 1 aliphatic rings. The van der Waals surface area contributed by atoms with Crippen molar-refractivity contribution in [2.75, 3.05) is 16.4 Å². The number of anilines is 3. The topological polar surface area (TPSA) is 181 Å². The van der Waals surface area contributed by atoms with Gasteiger partial charge in [-0.1, -0.05) is 37.1 Å². The van der Waals surface area contributed by atoms with Crippen molar-refractivity contribution in [2.45, 2.75) is 58.7 Å². The highest BCUT2D eigenvalue weighted by atomic mass is 16.2. The average molecular weight is 545 g/mol. The number of carbonyl (C=O) groups is 2. The second-order valence-corrected chi connectivity index (χ2v) is 10.4. The van der Waals surface area contributed by atoms with E-state index in [0.717, 1.165) is 31.2 Å². The van der Waals surface area contributed by atoms with E-state index in [4.69, 9.17) is 16.9 Å². The normalized spacial score (nSPS) is 13.3. The fourth-order valence-electron chi connectivity index (χ4n) is 4.75. The summed E-state index contributed by atoms with van der Waals surface area (Å²) < 4.78 is 1.35. The highest BCUT2D eigenvalue weighted by Gasteiger charge is 2.23. The zero-order valence-electron chi connectivity index (χ0n) is 22.8. The number of amidine groups is 1. The molecule has 11 nitrogen and oxygen atoms in total. The van der Waals surface area contributed by atoms with Gasteiger partial charge in [-0.2, -0.15) is 0 Å². The van der Waals surface area contributed by atoms with Crippen LogP contribution in [0.4, 0.5) is 17.2 Å². The molecule has 0 radical (unpaired) electrons. The molecule has 1 heterocycles. The summed E-state index contributed by atoms with van der Waals surface area (Å²) in [7, 11) is 0.